The molecule has 3 rings (SSSR count). The lowest BCUT2D eigenvalue weighted by Gasteiger charge is -2.16. The van der Waals surface area contributed by atoms with E-state index in [2.05, 4.69) is 20.4 Å². The van der Waals surface area contributed by atoms with Crippen molar-refractivity contribution in [3.05, 3.63) is 46.5 Å². The number of benzene rings is 1. The average molecular weight is 406 g/mol. The molecule has 1 N–H and O–H groups in total. The van der Waals surface area contributed by atoms with E-state index in [1.54, 1.807) is 13.8 Å². The van der Waals surface area contributed by atoms with Gasteiger partial charge in [0.05, 0.1) is 6.42 Å². The Morgan fingerprint density at radius 2 is 1.86 bits per heavy atom. The van der Waals surface area contributed by atoms with Crippen molar-refractivity contribution in [3.8, 4) is 0 Å². The van der Waals surface area contributed by atoms with Crippen molar-refractivity contribution in [2.75, 3.05) is 24.3 Å². The van der Waals surface area contributed by atoms with Gasteiger partial charge in [0.25, 0.3) is 11.6 Å². The number of hydrogen-bond acceptors (Lipinski definition) is 5. The Morgan fingerprint density at radius 1 is 1.17 bits per heavy atom. The number of halogens is 3. The molecule has 0 aliphatic carbocycles. The molecule has 0 atom stereocenters. The molecule has 0 aliphatic rings. The van der Waals surface area contributed by atoms with E-state index in [0.717, 1.165) is 15.8 Å². The molecule has 2 aromatic heterocycles. The van der Waals surface area contributed by atoms with E-state index in [1.807, 2.05) is 44.1 Å². The highest BCUT2D eigenvalue weighted by atomic mass is 19.4. The van der Waals surface area contributed by atoms with Crippen LogP contribution in [0.2, 0.25) is 0 Å². The van der Waals surface area contributed by atoms with Crippen molar-refractivity contribution in [2.24, 2.45) is 0 Å². The van der Waals surface area contributed by atoms with Crippen LogP contribution in [0.15, 0.2) is 18.2 Å². The van der Waals surface area contributed by atoms with E-state index >= 15 is 0 Å². The van der Waals surface area contributed by atoms with Gasteiger partial charge in [0.2, 0.25) is 5.91 Å². The predicted molar refractivity (Wildman–Crippen MR) is 103 cm³/mol. The molecule has 0 fully saturated rings. The summed E-state index contributed by atoms with van der Waals surface area (Å²) in [6.45, 7) is 5.12. The van der Waals surface area contributed by atoms with Crippen LogP contribution in [-0.2, 0) is 17.4 Å². The second kappa shape index (κ2) is 7.34. The zero-order chi connectivity index (χ0) is 21.5. The summed E-state index contributed by atoms with van der Waals surface area (Å²) in [4.78, 5) is 22.1. The van der Waals surface area contributed by atoms with Crippen molar-refractivity contribution in [2.45, 2.75) is 33.4 Å². The minimum atomic E-state index is -4.66. The van der Waals surface area contributed by atoms with Crippen molar-refractivity contribution in [1.82, 2.24) is 19.6 Å². The first-order valence-corrected chi connectivity index (χ1v) is 8.85. The molecule has 0 spiro atoms. The van der Waals surface area contributed by atoms with Gasteiger partial charge in [-0.25, -0.2) is 9.50 Å². The van der Waals surface area contributed by atoms with Gasteiger partial charge < -0.3 is 10.2 Å². The van der Waals surface area contributed by atoms with Gasteiger partial charge in [-0.15, -0.1) is 5.10 Å². The Balaban J connectivity index is 1.87. The fraction of sp³-hybridized carbons (Fsp3) is 0.368. The fourth-order valence-corrected chi connectivity index (χ4v) is 3.01. The Bertz CT molecular complexity index is 1090. The van der Waals surface area contributed by atoms with Crippen LogP contribution in [0, 0.1) is 20.8 Å². The second-order valence-electron chi connectivity index (χ2n) is 7.02. The van der Waals surface area contributed by atoms with Crippen LogP contribution >= 0.6 is 0 Å². The third-order valence-electron chi connectivity index (χ3n) is 4.64. The molecule has 0 bridgehead atoms. The molecule has 0 aliphatic heterocycles. The lowest BCUT2D eigenvalue weighted by Crippen LogP contribution is -2.18. The maximum atomic E-state index is 12.9. The van der Waals surface area contributed by atoms with Gasteiger partial charge >= 0.3 is 6.18 Å². The summed E-state index contributed by atoms with van der Waals surface area (Å²) >= 11 is 0. The molecule has 3 aromatic rings. The molecule has 10 heteroatoms. The number of amides is 1. The largest absolute Gasteiger partial charge is 0.453 e. The molecule has 1 aromatic carbocycles. The van der Waals surface area contributed by atoms with Crippen molar-refractivity contribution in [3.63, 3.8) is 0 Å². The van der Waals surface area contributed by atoms with Gasteiger partial charge in [-0.2, -0.15) is 18.2 Å². The monoisotopic (exact) mass is 406 g/mol. The highest BCUT2D eigenvalue weighted by Crippen LogP contribution is 2.27. The molecule has 0 saturated heterocycles. The number of fused-ring (bicyclic) bond motifs is 1. The Kier molecular flexibility index (Phi) is 5.20. The maximum absolute atomic E-state index is 12.9. The smallest absolute Gasteiger partial charge is 0.378 e. The number of carbonyl (C=O) groups is 1. The predicted octanol–water partition coefficient (Wildman–Crippen LogP) is 3.32. The Hall–Kier alpha value is -3.17. The van der Waals surface area contributed by atoms with Crippen LogP contribution in [0.1, 0.15) is 28.3 Å². The number of hydrogen-bond donors (Lipinski definition) is 1. The zero-order valence-electron chi connectivity index (χ0n) is 16.7. The average Bonchev–Trinajstić information content (AvgIpc) is 3.04. The van der Waals surface area contributed by atoms with Crippen molar-refractivity contribution < 1.29 is 18.0 Å². The normalized spacial score (nSPS) is 11.7. The summed E-state index contributed by atoms with van der Waals surface area (Å²) in [5.74, 6) is -1.70. The minimum Gasteiger partial charge on any atom is -0.378 e. The number of aromatic nitrogens is 4. The number of carbonyl (C=O) groups excluding carboxylic acids is 1. The van der Waals surface area contributed by atoms with E-state index in [1.165, 1.54) is 0 Å². The topological polar surface area (TPSA) is 75.4 Å². The first-order chi connectivity index (χ1) is 13.5. The minimum absolute atomic E-state index is 0.0450. The summed E-state index contributed by atoms with van der Waals surface area (Å²) in [5.41, 5.74) is 3.92. The molecule has 2 heterocycles. The number of aryl methyl sites for hydroxylation is 3. The first-order valence-electron chi connectivity index (χ1n) is 8.85. The molecule has 0 saturated carbocycles. The standard InChI is InChI=1S/C19H21F3N6O/c1-10-8-13(27(4)5)6-7-15(10)24-16(29)9-14-11(2)23-18-25-17(19(20,21)22)26-28(18)12(14)3/h6-8H,9H2,1-5H3,(H,24,29). The van der Waals surface area contributed by atoms with Gasteiger partial charge in [-0.1, -0.05) is 0 Å². The van der Waals surface area contributed by atoms with Crippen molar-refractivity contribution in [1.29, 1.82) is 0 Å². The van der Waals surface area contributed by atoms with Gasteiger partial charge in [-0.3, -0.25) is 4.79 Å². The summed E-state index contributed by atoms with van der Waals surface area (Å²) in [5, 5.41) is 6.34. The number of rotatable bonds is 4. The van der Waals surface area contributed by atoms with Crippen molar-refractivity contribution >= 4 is 23.1 Å². The van der Waals surface area contributed by atoms with Crippen LogP contribution in [-0.4, -0.2) is 39.6 Å². The molecular weight excluding hydrogens is 385 g/mol. The molecule has 29 heavy (non-hydrogen) atoms. The molecule has 7 nitrogen and oxygen atoms in total. The highest BCUT2D eigenvalue weighted by molar-refractivity contribution is 5.93. The van der Waals surface area contributed by atoms with Crippen LogP contribution in [0.25, 0.3) is 5.78 Å². The van der Waals surface area contributed by atoms with Gasteiger partial charge in [0, 0.05) is 42.4 Å². The van der Waals surface area contributed by atoms with Crippen LogP contribution in [0.5, 0.6) is 0 Å². The summed E-state index contributed by atoms with van der Waals surface area (Å²) < 4.78 is 39.7. The zero-order valence-corrected chi connectivity index (χ0v) is 16.7. The van der Waals surface area contributed by atoms with E-state index in [9.17, 15) is 18.0 Å². The number of nitrogens with zero attached hydrogens (tertiary/aromatic N) is 5. The molecule has 0 unspecified atom stereocenters. The molecule has 0 radical (unpaired) electrons. The van der Waals surface area contributed by atoms with E-state index in [4.69, 9.17) is 0 Å². The molecular formula is C19H21F3N6O. The van der Waals surface area contributed by atoms with Crippen LogP contribution < -0.4 is 10.2 Å². The van der Waals surface area contributed by atoms with Crippen LogP contribution in [0.3, 0.4) is 0 Å². The highest BCUT2D eigenvalue weighted by Gasteiger charge is 2.37. The van der Waals surface area contributed by atoms with E-state index < -0.39 is 12.0 Å². The third kappa shape index (κ3) is 4.15. The number of nitrogens with one attached hydrogen (secondary N) is 1. The SMILES string of the molecule is Cc1cc(N(C)C)ccc1NC(=O)Cc1c(C)nc2nc(C(F)(F)F)nn2c1C. The third-order valence-corrected chi connectivity index (χ3v) is 4.64. The Labute approximate surface area is 165 Å². The summed E-state index contributed by atoms with van der Waals surface area (Å²) in [6.07, 6.45) is -4.71. The summed E-state index contributed by atoms with van der Waals surface area (Å²) in [7, 11) is 3.85. The Morgan fingerprint density at radius 3 is 2.45 bits per heavy atom. The quantitative estimate of drug-likeness (QED) is 0.720. The summed E-state index contributed by atoms with van der Waals surface area (Å²) in [6, 6.07) is 5.66. The van der Waals surface area contributed by atoms with E-state index in [-0.39, 0.29) is 18.1 Å². The lowest BCUT2D eigenvalue weighted by atomic mass is 10.1. The van der Waals surface area contributed by atoms with Gasteiger partial charge in [0.1, 0.15) is 0 Å². The fourth-order valence-electron chi connectivity index (χ4n) is 3.01. The molecule has 154 valence electrons. The van der Waals surface area contributed by atoms with Crippen LogP contribution in [0.4, 0.5) is 24.5 Å². The van der Waals surface area contributed by atoms with Gasteiger partial charge in [0.15, 0.2) is 0 Å². The maximum Gasteiger partial charge on any atom is 0.453 e. The molecule has 1 amide bonds. The van der Waals surface area contributed by atoms with Gasteiger partial charge in [-0.05, 0) is 44.5 Å². The first kappa shape index (κ1) is 20.6. The number of anilines is 2. The van der Waals surface area contributed by atoms with E-state index in [0.29, 0.717) is 22.6 Å². The number of alkyl halides is 3. The lowest BCUT2D eigenvalue weighted by molar-refractivity contribution is -0.144. The second-order valence-corrected chi connectivity index (χ2v) is 7.02.